The predicted molar refractivity (Wildman–Crippen MR) is 90.7 cm³/mol. The molecule has 0 aromatic carbocycles. The summed E-state index contributed by atoms with van der Waals surface area (Å²) in [6.45, 7) is 1.69. The first kappa shape index (κ1) is 16.4. The van der Waals surface area contributed by atoms with Gasteiger partial charge in [0, 0.05) is 37.9 Å². The second kappa shape index (κ2) is 6.98. The van der Waals surface area contributed by atoms with E-state index >= 15 is 0 Å². The molecule has 1 N–H and O–H groups in total. The number of amides is 1. The number of likely N-dealkylation sites (tertiary alicyclic amines) is 1. The highest BCUT2D eigenvalue weighted by Crippen LogP contribution is 2.33. The Balaban J connectivity index is 1.85. The Morgan fingerprint density at radius 3 is 3.00 bits per heavy atom. The number of halogens is 1. The van der Waals surface area contributed by atoms with Crippen molar-refractivity contribution in [2.45, 2.75) is 31.8 Å². The number of hydrogen-bond donors (Lipinski definition) is 1. The fraction of sp³-hybridized carbons (Fsp3) is 0.533. The van der Waals surface area contributed by atoms with Crippen LogP contribution < -0.4 is 5.32 Å². The normalized spacial score (nSPS) is 19.0. The van der Waals surface area contributed by atoms with E-state index in [2.05, 4.69) is 25.9 Å². The van der Waals surface area contributed by atoms with Crippen LogP contribution in [0.25, 0.3) is 0 Å². The first-order valence-electron chi connectivity index (χ1n) is 7.70. The van der Waals surface area contributed by atoms with E-state index in [1.165, 1.54) is 24.4 Å². The van der Waals surface area contributed by atoms with Crippen molar-refractivity contribution >= 4 is 29.0 Å². The van der Waals surface area contributed by atoms with Gasteiger partial charge in [0.15, 0.2) is 0 Å². The van der Waals surface area contributed by atoms with Crippen LogP contribution in [0, 0.1) is 0 Å². The van der Waals surface area contributed by atoms with Crippen LogP contribution in [0.1, 0.15) is 47.2 Å². The number of nitrogens with zero attached hydrogens (tertiary/aromatic N) is 4. The minimum atomic E-state index is -0.0622. The largest absolute Gasteiger partial charge is 0.354 e. The molecule has 1 fully saturated rings. The second-order valence-corrected chi connectivity index (χ2v) is 7.11. The fourth-order valence-corrected chi connectivity index (χ4v) is 3.83. The summed E-state index contributed by atoms with van der Waals surface area (Å²) in [4.78, 5) is 14.3. The Kier molecular flexibility index (Phi) is 4.99. The average Bonchev–Trinajstić information content (AvgIpc) is 3.14. The van der Waals surface area contributed by atoms with Crippen LogP contribution in [-0.4, -0.2) is 38.6 Å². The molecule has 1 unspecified atom stereocenters. The Morgan fingerprint density at radius 1 is 1.48 bits per heavy atom. The molecule has 0 spiro atoms. The van der Waals surface area contributed by atoms with Gasteiger partial charge in [-0.25, -0.2) is 0 Å². The summed E-state index contributed by atoms with van der Waals surface area (Å²) in [5.41, 5.74) is 2.67. The Hall–Kier alpha value is -1.44. The molecule has 1 saturated heterocycles. The number of nitrogens with one attached hydrogen (secondary N) is 1. The minimum absolute atomic E-state index is 0.0622. The average molecular weight is 354 g/mol. The molecule has 1 aliphatic rings. The van der Waals surface area contributed by atoms with Gasteiger partial charge in [0.25, 0.3) is 5.91 Å². The summed E-state index contributed by atoms with van der Waals surface area (Å²) < 4.78 is 6.56. The molecule has 2 aromatic heterocycles. The zero-order valence-corrected chi connectivity index (χ0v) is 14.8. The summed E-state index contributed by atoms with van der Waals surface area (Å²) >= 11 is 7.38. The molecule has 0 radical (unpaired) electrons. The standard InChI is InChI=1S/C15H20ClN5OS/c1-17-15(22)13-7-6-11(20(13)2)12-5-3-4-8-21(12)9-10-14(16)23-19-18-10/h6-7,12H,3-5,8-9H2,1-2H3,(H,17,22). The first-order chi connectivity index (χ1) is 11.1. The van der Waals surface area contributed by atoms with E-state index in [0.717, 1.165) is 24.4 Å². The number of piperidine rings is 1. The van der Waals surface area contributed by atoms with Gasteiger partial charge in [-0.3, -0.25) is 9.69 Å². The molecule has 1 amide bonds. The van der Waals surface area contributed by atoms with Crippen LogP contribution in [0.3, 0.4) is 0 Å². The highest BCUT2D eigenvalue weighted by Gasteiger charge is 2.28. The molecule has 3 heterocycles. The number of rotatable bonds is 4. The van der Waals surface area contributed by atoms with Gasteiger partial charge in [-0.05, 0) is 31.5 Å². The maximum Gasteiger partial charge on any atom is 0.267 e. The lowest BCUT2D eigenvalue weighted by molar-refractivity contribution is 0.0952. The summed E-state index contributed by atoms with van der Waals surface area (Å²) in [5, 5.41) is 6.82. The van der Waals surface area contributed by atoms with Crippen molar-refractivity contribution in [1.29, 1.82) is 0 Å². The van der Waals surface area contributed by atoms with Gasteiger partial charge in [0.2, 0.25) is 0 Å². The molecule has 1 atom stereocenters. The lowest BCUT2D eigenvalue weighted by Gasteiger charge is -2.35. The molecule has 6 nitrogen and oxygen atoms in total. The molecular weight excluding hydrogens is 334 g/mol. The van der Waals surface area contributed by atoms with Crippen LogP contribution in [0.4, 0.5) is 0 Å². The predicted octanol–water partition coefficient (Wildman–Crippen LogP) is 2.62. The van der Waals surface area contributed by atoms with Gasteiger partial charge in [-0.1, -0.05) is 22.5 Å². The quantitative estimate of drug-likeness (QED) is 0.917. The second-order valence-electron chi connectivity index (χ2n) is 5.76. The number of carbonyl (C=O) groups is 1. The van der Waals surface area contributed by atoms with Crippen molar-refractivity contribution in [2.24, 2.45) is 7.05 Å². The van der Waals surface area contributed by atoms with E-state index in [9.17, 15) is 4.79 Å². The summed E-state index contributed by atoms with van der Waals surface area (Å²) in [7, 11) is 3.60. The zero-order valence-electron chi connectivity index (χ0n) is 13.3. The summed E-state index contributed by atoms with van der Waals surface area (Å²) in [6.07, 6.45) is 3.42. The van der Waals surface area contributed by atoms with Crippen LogP contribution in [0.5, 0.6) is 0 Å². The lowest BCUT2D eigenvalue weighted by Crippen LogP contribution is -2.34. The Bertz CT molecular complexity index is 698. The zero-order chi connectivity index (χ0) is 16.4. The minimum Gasteiger partial charge on any atom is -0.354 e. The molecule has 0 bridgehead atoms. The molecule has 1 aliphatic heterocycles. The lowest BCUT2D eigenvalue weighted by atomic mass is 9.99. The molecule has 8 heteroatoms. The van der Waals surface area contributed by atoms with Gasteiger partial charge in [-0.15, -0.1) is 5.10 Å². The SMILES string of the molecule is CNC(=O)c1ccc(C2CCCCN2Cc2nnsc2Cl)n1C. The van der Waals surface area contributed by atoms with Crippen LogP contribution in [-0.2, 0) is 13.6 Å². The van der Waals surface area contributed by atoms with Crippen molar-refractivity contribution in [3.63, 3.8) is 0 Å². The van der Waals surface area contributed by atoms with Crippen LogP contribution >= 0.6 is 23.1 Å². The Morgan fingerprint density at radius 2 is 2.30 bits per heavy atom. The third-order valence-corrected chi connectivity index (χ3v) is 5.42. The van der Waals surface area contributed by atoms with Crippen molar-refractivity contribution in [2.75, 3.05) is 13.6 Å². The molecule has 3 rings (SSSR count). The van der Waals surface area contributed by atoms with Gasteiger partial charge >= 0.3 is 0 Å². The van der Waals surface area contributed by atoms with Gasteiger partial charge in [-0.2, -0.15) is 0 Å². The van der Waals surface area contributed by atoms with Crippen LogP contribution in [0.2, 0.25) is 4.34 Å². The number of hydrogen-bond acceptors (Lipinski definition) is 5. The monoisotopic (exact) mass is 353 g/mol. The van der Waals surface area contributed by atoms with Gasteiger partial charge < -0.3 is 9.88 Å². The number of aromatic nitrogens is 3. The van der Waals surface area contributed by atoms with E-state index in [1.54, 1.807) is 7.05 Å². The van der Waals surface area contributed by atoms with Crippen molar-refractivity contribution < 1.29 is 4.79 Å². The highest BCUT2D eigenvalue weighted by molar-refractivity contribution is 7.10. The fourth-order valence-electron chi connectivity index (χ4n) is 3.22. The Labute approximate surface area is 144 Å². The van der Waals surface area contributed by atoms with Crippen molar-refractivity contribution in [3.8, 4) is 0 Å². The molecule has 23 heavy (non-hydrogen) atoms. The summed E-state index contributed by atoms with van der Waals surface area (Å²) in [5.74, 6) is -0.0622. The molecule has 0 saturated carbocycles. The van der Waals surface area contributed by atoms with E-state index in [-0.39, 0.29) is 11.9 Å². The van der Waals surface area contributed by atoms with Crippen molar-refractivity contribution in [3.05, 3.63) is 33.6 Å². The van der Waals surface area contributed by atoms with E-state index in [4.69, 9.17) is 11.6 Å². The smallest absolute Gasteiger partial charge is 0.267 e. The van der Waals surface area contributed by atoms with Gasteiger partial charge in [0.05, 0.1) is 6.04 Å². The van der Waals surface area contributed by atoms with Gasteiger partial charge in [0.1, 0.15) is 15.7 Å². The van der Waals surface area contributed by atoms with Crippen LogP contribution in [0.15, 0.2) is 12.1 Å². The topological polar surface area (TPSA) is 63.1 Å². The van der Waals surface area contributed by atoms with Crippen molar-refractivity contribution in [1.82, 2.24) is 24.4 Å². The van der Waals surface area contributed by atoms with E-state index in [1.807, 2.05) is 17.7 Å². The highest BCUT2D eigenvalue weighted by atomic mass is 35.5. The maximum absolute atomic E-state index is 11.9. The third-order valence-electron chi connectivity index (χ3n) is 4.44. The molecule has 0 aliphatic carbocycles. The molecular formula is C15H20ClN5OS. The van der Waals surface area contributed by atoms with E-state index in [0.29, 0.717) is 16.6 Å². The maximum atomic E-state index is 11.9. The molecule has 2 aromatic rings. The third kappa shape index (κ3) is 3.27. The summed E-state index contributed by atoms with van der Waals surface area (Å²) in [6, 6.07) is 4.21. The molecule has 124 valence electrons. The first-order valence-corrected chi connectivity index (χ1v) is 8.85. The number of carbonyl (C=O) groups excluding carboxylic acids is 1. The van der Waals surface area contributed by atoms with E-state index < -0.39 is 0 Å².